The van der Waals surface area contributed by atoms with Gasteiger partial charge in [0.25, 0.3) is 5.91 Å². The topological polar surface area (TPSA) is 81.4 Å². The highest BCUT2D eigenvalue weighted by molar-refractivity contribution is 6.00. The number of carbonyl (C=O) groups is 1. The molecule has 0 N–H and O–H groups in total. The van der Waals surface area contributed by atoms with Gasteiger partial charge in [0.1, 0.15) is 6.61 Å². The summed E-state index contributed by atoms with van der Waals surface area (Å²) in [5.74, 6) is 0.494. The van der Waals surface area contributed by atoms with Gasteiger partial charge in [0.2, 0.25) is 17.6 Å². The van der Waals surface area contributed by atoms with Crippen LogP contribution in [-0.2, 0) is 6.18 Å². The Morgan fingerprint density at radius 3 is 2.55 bits per heavy atom. The smallest absolute Gasteiger partial charge is 0.417 e. The Bertz CT molecular complexity index is 1030. The summed E-state index contributed by atoms with van der Waals surface area (Å²) < 4.78 is 48.5. The highest BCUT2D eigenvalue weighted by Crippen LogP contribution is 2.29. The lowest BCUT2D eigenvalue weighted by molar-refractivity contribution is -0.137. The van der Waals surface area contributed by atoms with Gasteiger partial charge in [-0.05, 0) is 26.0 Å². The monoisotopic (exact) mass is 434 g/mol. The second-order valence-corrected chi connectivity index (χ2v) is 6.82. The lowest BCUT2D eigenvalue weighted by atomic mass is 10.0. The van der Waals surface area contributed by atoms with E-state index in [9.17, 15) is 18.0 Å². The molecule has 7 nitrogen and oxygen atoms in total. The molecular weight excluding hydrogens is 413 g/mol. The maximum atomic E-state index is 13.2. The summed E-state index contributed by atoms with van der Waals surface area (Å²) in [7, 11) is 0. The number of nitrogens with zero attached hydrogens (tertiary/aromatic N) is 4. The number of pyridine rings is 1. The average Bonchev–Trinajstić information content (AvgIpc) is 3.18. The number of amides is 1. The van der Waals surface area contributed by atoms with Gasteiger partial charge in [-0.15, -0.1) is 0 Å². The van der Waals surface area contributed by atoms with Crippen molar-refractivity contribution in [3.63, 3.8) is 0 Å². The number of benzene rings is 1. The molecule has 31 heavy (non-hydrogen) atoms. The third-order valence-electron chi connectivity index (χ3n) is 4.60. The van der Waals surface area contributed by atoms with Crippen LogP contribution in [-0.4, -0.2) is 45.1 Å². The Morgan fingerprint density at radius 1 is 1.23 bits per heavy atom. The fourth-order valence-corrected chi connectivity index (χ4v) is 3.01. The summed E-state index contributed by atoms with van der Waals surface area (Å²) in [6, 6.07) is 8.61. The predicted molar refractivity (Wildman–Crippen MR) is 105 cm³/mol. The zero-order valence-electron chi connectivity index (χ0n) is 17.2. The van der Waals surface area contributed by atoms with E-state index in [0.29, 0.717) is 35.6 Å². The summed E-state index contributed by atoms with van der Waals surface area (Å²) in [5, 5.41) is 3.89. The van der Waals surface area contributed by atoms with Crippen molar-refractivity contribution in [2.24, 2.45) is 0 Å². The van der Waals surface area contributed by atoms with Crippen molar-refractivity contribution in [3.05, 3.63) is 59.6 Å². The Kier molecular flexibility index (Phi) is 6.57. The molecule has 0 saturated heterocycles. The molecule has 0 saturated carbocycles. The van der Waals surface area contributed by atoms with E-state index in [1.807, 2.05) is 6.92 Å². The first-order chi connectivity index (χ1) is 14.7. The first-order valence-corrected chi connectivity index (χ1v) is 9.57. The summed E-state index contributed by atoms with van der Waals surface area (Å²) in [5.41, 5.74) is 0.0940. The molecule has 164 valence electrons. The second-order valence-electron chi connectivity index (χ2n) is 6.82. The van der Waals surface area contributed by atoms with E-state index in [1.54, 1.807) is 43.0 Å². The zero-order chi connectivity index (χ0) is 22.6. The molecule has 2 aromatic heterocycles. The highest BCUT2D eigenvalue weighted by Gasteiger charge is 2.31. The first kappa shape index (κ1) is 22.3. The van der Waals surface area contributed by atoms with Crippen LogP contribution in [0.25, 0.3) is 11.4 Å². The predicted octanol–water partition coefficient (Wildman–Crippen LogP) is 4.39. The summed E-state index contributed by atoms with van der Waals surface area (Å²) in [6.07, 6.45) is -3.75. The SMILES string of the molecule is CCN(C(=O)c1ccccc1-c1noc(C)n1)C(C)COc1ccc(C(F)(F)F)cn1. The summed E-state index contributed by atoms with van der Waals surface area (Å²) in [6.45, 7) is 5.72. The van der Waals surface area contributed by atoms with Crippen molar-refractivity contribution in [3.8, 4) is 17.3 Å². The van der Waals surface area contributed by atoms with Gasteiger partial charge in [0.05, 0.1) is 17.2 Å². The van der Waals surface area contributed by atoms with E-state index in [4.69, 9.17) is 9.26 Å². The number of aryl methyl sites for hydroxylation is 1. The molecule has 0 bridgehead atoms. The third-order valence-corrected chi connectivity index (χ3v) is 4.60. The number of hydrogen-bond acceptors (Lipinski definition) is 6. The van der Waals surface area contributed by atoms with Gasteiger partial charge in [-0.25, -0.2) is 4.98 Å². The molecule has 1 atom stereocenters. The molecule has 0 aliphatic carbocycles. The average molecular weight is 434 g/mol. The molecule has 10 heteroatoms. The minimum Gasteiger partial charge on any atom is -0.475 e. The van der Waals surface area contributed by atoms with Crippen molar-refractivity contribution in [2.75, 3.05) is 13.2 Å². The van der Waals surface area contributed by atoms with Crippen LogP contribution in [0, 0.1) is 6.92 Å². The maximum Gasteiger partial charge on any atom is 0.417 e. The van der Waals surface area contributed by atoms with Crippen LogP contribution in [0.5, 0.6) is 5.88 Å². The van der Waals surface area contributed by atoms with Gasteiger partial charge < -0.3 is 14.2 Å². The quantitative estimate of drug-likeness (QED) is 0.549. The lowest BCUT2D eigenvalue weighted by Crippen LogP contribution is -2.42. The van der Waals surface area contributed by atoms with Crippen LogP contribution in [0.1, 0.15) is 35.7 Å². The van der Waals surface area contributed by atoms with Crippen molar-refractivity contribution in [1.29, 1.82) is 0 Å². The number of rotatable bonds is 7. The molecule has 0 spiro atoms. The van der Waals surface area contributed by atoms with Gasteiger partial charge in [0, 0.05) is 31.3 Å². The minimum absolute atomic E-state index is 0.0472. The van der Waals surface area contributed by atoms with E-state index < -0.39 is 11.7 Å². The number of carbonyl (C=O) groups excluding carboxylic acids is 1. The number of alkyl halides is 3. The summed E-state index contributed by atoms with van der Waals surface area (Å²) in [4.78, 5) is 22.7. The Balaban J connectivity index is 1.72. The van der Waals surface area contributed by atoms with Crippen LogP contribution < -0.4 is 4.74 Å². The molecule has 0 fully saturated rings. The molecule has 1 aromatic carbocycles. The van der Waals surface area contributed by atoms with Crippen LogP contribution in [0.15, 0.2) is 47.1 Å². The van der Waals surface area contributed by atoms with E-state index in [-0.39, 0.29) is 24.4 Å². The Morgan fingerprint density at radius 2 is 1.97 bits per heavy atom. The standard InChI is InChI=1S/C21H21F3N4O3/c1-4-28(13(2)12-30-18-10-9-15(11-25-18)21(22,23)24)20(29)17-8-6-5-7-16(17)19-26-14(3)31-27-19/h5-11,13H,4,12H2,1-3H3. The van der Waals surface area contributed by atoms with Crippen molar-refractivity contribution in [2.45, 2.75) is 33.0 Å². The summed E-state index contributed by atoms with van der Waals surface area (Å²) >= 11 is 0. The molecule has 1 unspecified atom stereocenters. The van der Waals surface area contributed by atoms with Crippen molar-refractivity contribution < 1.29 is 27.2 Å². The fourth-order valence-electron chi connectivity index (χ4n) is 3.01. The number of halogens is 3. The van der Waals surface area contributed by atoms with Crippen LogP contribution in [0.4, 0.5) is 13.2 Å². The minimum atomic E-state index is -4.46. The van der Waals surface area contributed by atoms with E-state index in [2.05, 4.69) is 15.1 Å². The van der Waals surface area contributed by atoms with Gasteiger partial charge in [-0.3, -0.25) is 4.79 Å². The van der Waals surface area contributed by atoms with Gasteiger partial charge in [-0.2, -0.15) is 18.2 Å². The fraction of sp³-hybridized carbons (Fsp3) is 0.333. The lowest BCUT2D eigenvalue weighted by Gasteiger charge is -2.28. The normalized spacial score (nSPS) is 12.5. The van der Waals surface area contributed by atoms with E-state index in [0.717, 1.165) is 12.1 Å². The Hall–Kier alpha value is -3.43. The molecule has 0 aliphatic heterocycles. The van der Waals surface area contributed by atoms with Gasteiger partial charge in [-0.1, -0.05) is 23.4 Å². The molecule has 3 rings (SSSR count). The zero-order valence-corrected chi connectivity index (χ0v) is 17.2. The third kappa shape index (κ3) is 5.19. The number of aromatic nitrogens is 3. The molecule has 2 heterocycles. The Labute approximate surface area is 176 Å². The molecule has 0 aliphatic rings. The molecular formula is C21H21F3N4O3. The molecule has 3 aromatic rings. The number of likely N-dealkylation sites (N-methyl/N-ethyl adjacent to an activating group) is 1. The largest absolute Gasteiger partial charge is 0.475 e. The van der Waals surface area contributed by atoms with Crippen molar-refractivity contribution >= 4 is 5.91 Å². The van der Waals surface area contributed by atoms with E-state index in [1.165, 1.54) is 0 Å². The maximum absolute atomic E-state index is 13.2. The number of ether oxygens (including phenoxy) is 1. The van der Waals surface area contributed by atoms with Gasteiger partial charge >= 0.3 is 6.18 Å². The van der Waals surface area contributed by atoms with Crippen LogP contribution >= 0.6 is 0 Å². The van der Waals surface area contributed by atoms with E-state index >= 15 is 0 Å². The second kappa shape index (κ2) is 9.15. The van der Waals surface area contributed by atoms with Crippen LogP contribution in [0.3, 0.4) is 0 Å². The van der Waals surface area contributed by atoms with Crippen LogP contribution in [0.2, 0.25) is 0 Å². The molecule has 1 amide bonds. The number of hydrogen-bond donors (Lipinski definition) is 0. The molecule has 0 radical (unpaired) electrons. The highest BCUT2D eigenvalue weighted by atomic mass is 19.4. The van der Waals surface area contributed by atoms with Gasteiger partial charge in [0.15, 0.2) is 0 Å². The van der Waals surface area contributed by atoms with Crippen molar-refractivity contribution in [1.82, 2.24) is 20.0 Å². The first-order valence-electron chi connectivity index (χ1n) is 9.57.